The summed E-state index contributed by atoms with van der Waals surface area (Å²) in [7, 11) is 2.96. The lowest BCUT2D eigenvalue weighted by Crippen LogP contribution is -2.04. The lowest BCUT2D eigenvalue weighted by Gasteiger charge is -2.17. The molecule has 112 valence electrons. The Morgan fingerprint density at radius 1 is 1.10 bits per heavy atom. The van der Waals surface area contributed by atoms with Gasteiger partial charge < -0.3 is 14.6 Å². The molecule has 0 radical (unpaired) electrons. The van der Waals surface area contributed by atoms with E-state index in [0.29, 0.717) is 21.5 Å². The Balaban J connectivity index is 2.52. The molecule has 6 heteroatoms. The largest absolute Gasteiger partial charge is 0.493 e. The molecule has 21 heavy (non-hydrogen) atoms. The predicted molar refractivity (Wildman–Crippen MR) is 82.7 cm³/mol. The first-order valence-corrected chi connectivity index (χ1v) is 7.19. The van der Waals surface area contributed by atoms with Gasteiger partial charge in [-0.3, -0.25) is 0 Å². The van der Waals surface area contributed by atoms with E-state index in [2.05, 4.69) is 15.9 Å². The van der Waals surface area contributed by atoms with Crippen molar-refractivity contribution < 1.29 is 19.0 Å². The van der Waals surface area contributed by atoms with E-state index in [4.69, 9.17) is 21.1 Å². The van der Waals surface area contributed by atoms with Gasteiger partial charge in [0, 0.05) is 21.7 Å². The Bertz CT molecular complexity index is 664. The smallest absolute Gasteiger partial charge is 0.162 e. The molecule has 2 aromatic rings. The third kappa shape index (κ3) is 3.31. The summed E-state index contributed by atoms with van der Waals surface area (Å²) in [5.74, 6) is 0.330. The summed E-state index contributed by atoms with van der Waals surface area (Å²) in [6, 6.07) is 7.40. The number of rotatable bonds is 4. The number of halogens is 3. The molecule has 1 atom stereocenters. The third-order valence-electron chi connectivity index (χ3n) is 3.05. The molecule has 0 fully saturated rings. The van der Waals surface area contributed by atoms with Crippen LogP contribution in [0.2, 0.25) is 5.02 Å². The van der Waals surface area contributed by atoms with Gasteiger partial charge in [-0.2, -0.15) is 0 Å². The van der Waals surface area contributed by atoms with E-state index in [1.54, 1.807) is 6.07 Å². The first kappa shape index (κ1) is 16.1. The molecule has 0 heterocycles. The minimum absolute atomic E-state index is 0.124. The summed E-state index contributed by atoms with van der Waals surface area (Å²) in [4.78, 5) is 0. The maximum Gasteiger partial charge on any atom is 0.162 e. The van der Waals surface area contributed by atoms with E-state index in [-0.39, 0.29) is 10.6 Å². The monoisotopic (exact) mass is 374 g/mol. The van der Waals surface area contributed by atoms with Gasteiger partial charge in [0.25, 0.3) is 0 Å². The van der Waals surface area contributed by atoms with Gasteiger partial charge in [0.2, 0.25) is 0 Å². The zero-order chi connectivity index (χ0) is 15.6. The molecular formula is C15H13BrClFO3. The van der Waals surface area contributed by atoms with Crippen molar-refractivity contribution in [1.82, 2.24) is 0 Å². The van der Waals surface area contributed by atoms with Crippen molar-refractivity contribution >= 4 is 27.5 Å². The summed E-state index contributed by atoms with van der Waals surface area (Å²) in [5, 5.41) is 10.7. The molecule has 0 saturated carbocycles. The molecule has 2 aromatic carbocycles. The van der Waals surface area contributed by atoms with Crippen LogP contribution in [0, 0.1) is 5.82 Å². The molecule has 0 aliphatic rings. The van der Waals surface area contributed by atoms with Crippen molar-refractivity contribution in [2.24, 2.45) is 0 Å². The Morgan fingerprint density at radius 3 is 2.33 bits per heavy atom. The van der Waals surface area contributed by atoms with Crippen molar-refractivity contribution in [1.29, 1.82) is 0 Å². The number of hydrogen-bond acceptors (Lipinski definition) is 3. The fraction of sp³-hybridized carbons (Fsp3) is 0.200. The van der Waals surface area contributed by atoms with Gasteiger partial charge in [0.15, 0.2) is 11.5 Å². The van der Waals surface area contributed by atoms with Gasteiger partial charge >= 0.3 is 0 Å². The molecule has 2 rings (SSSR count). The Hall–Kier alpha value is -1.30. The van der Waals surface area contributed by atoms with Gasteiger partial charge in [-0.15, -0.1) is 0 Å². The Morgan fingerprint density at radius 2 is 1.71 bits per heavy atom. The average Bonchev–Trinajstić information content (AvgIpc) is 2.48. The zero-order valence-electron chi connectivity index (χ0n) is 11.4. The van der Waals surface area contributed by atoms with E-state index in [0.717, 1.165) is 0 Å². The lowest BCUT2D eigenvalue weighted by atomic mass is 10.0. The molecule has 0 spiro atoms. The number of hydrogen-bond donors (Lipinski definition) is 1. The molecule has 0 amide bonds. The van der Waals surface area contributed by atoms with E-state index in [1.807, 2.05) is 0 Å². The van der Waals surface area contributed by atoms with Crippen LogP contribution < -0.4 is 9.47 Å². The van der Waals surface area contributed by atoms with Gasteiger partial charge in [0.1, 0.15) is 11.9 Å². The van der Waals surface area contributed by atoms with Crippen LogP contribution >= 0.6 is 27.5 Å². The molecule has 0 aromatic heterocycles. The fourth-order valence-corrected chi connectivity index (χ4v) is 2.61. The van der Waals surface area contributed by atoms with Crippen molar-refractivity contribution in [3.05, 3.63) is 56.8 Å². The Kier molecular flexibility index (Phi) is 5.08. The number of ether oxygens (including phenoxy) is 2. The minimum atomic E-state index is -1.21. The van der Waals surface area contributed by atoms with Crippen LogP contribution in [0.15, 0.2) is 34.8 Å². The van der Waals surface area contributed by atoms with Gasteiger partial charge in [-0.05, 0) is 24.3 Å². The number of aliphatic hydroxyl groups is 1. The standard InChI is InChI=1S/C15H13BrClFO3/c1-20-13-6-9(11(17)7-14(13)21-2)15(19)10-5-8(16)3-4-12(10)18/h3-7,15,19H,1-2H3. The van der Waals surface area contributed by atoms with Crippen LogP contribution in [-0.4, -0.2) is 19.3 Å². The van der Waals surface area contributed by atoms with Gasteiger partial charge in [-0.25, -0.2) is 4.39 Å². The van der Waals surface area contributed by atoms with E-state index >= 15 is 0 Å². The van der Waals surface area contributed by atoms with E-state index < -0.39 is 11.9 Å². The summed E-state index contributed by atoms with van der Waals surface area (Å²) in [6.07, 6.45) is -1.21. The third-order valence-corrected chi connectivity index (χ3v) is 3.87. The molecule has 1 N–H and O–H groups in total. The quantitative estimate of drug-likeness (QED) is 0.864. The number of methoxy groups -OCH3 is 2. The summed E-state index contributed by atoms with van der Waals surface area (Å²) in [6.45, 7) is 0. The first-order valence-electron chi connectivity index (χ1n) is 6.02. The second-order valence-corrected chi connectivity index (χ2v) is 5.62. The molecule has 3 nitrogen and oxygen atoms in total. The van der Waals surface area contributed by atoms with Crippen molar-refractivity contribution in [3.8, 4) is 11.5 Å². The molecule has 1 unspecified atom stereocenters. The van der Waals surface area contributed by atoms with Gasteiger partial charge in [0.05, 0.1) is 19.2 Å². The van der Waals surface area contributed by atoms with Crippen molar-refractivity contribution in [3.63, 3.8) is 0 Å². The minimum Gasteiger partial charge on any atom is -0.493 e. The highest BCUT2D eigenvalue weighted by Gasteiger charge is 2.21. The first-order chi connectivity index (χ1) is 9.97. The molecular weight excluding hydrogens is 363 g/mol. The van der Waals surface area contributed by atoms with E-state index in [1.165, 1.54) is 38.5 Å². The van der Waals surface area contributed by atoms with Crippen LogP contribution in [-0.2, 0) is 0 Å². The van der Waals surface area contributed by atoms with Gasteiger partial charge in [-0.1, -0.05) is 27.5 Å². The van der Waals surface area contributed by atoms with Crippen LogP contribution in [0.3, 0.4) is 0 Å². The highest BCUT2D eigenvalue weighted by atomic mass is 79.9. The maximum absolute atomic E-state index is 13.9. The lowest BCUT2D eigenvalue weighted by molar-refractivity contribution is 0.214. The van der Waals surface area contributed by atoms with E-state index in [9.17, 15) is 9.50 Å². The normalized spacial score (nSPS) is 12.1. The molecule has 0 aliphatic carbocycles. The Labute approximate surface area is 135 Å². The van der Waals surface area contributed by atoms with Crippen LogP contribution in [0.25, 0.3) is 0 Å². The van der Waals surface area contributed by atoms with Crippen molar-refractivity contribution in [2.45, 2.75) is 6.10 Å². The van der Waals surface area contributed by atoms with Crippen molar-refractivity contribution in [2.75, 3.05) is 14.2 Å². The zero-order valence-corrected chi connectivity index (χ0v) is 13.7. The fourth-order valence-electron chi connectivity index (χ4n) is 1.97. The number of benzene rings is 2. The number of aliphatic hydroxyl groups excluding tert-OH is 1. The predicted octanol–water partition coefficient (Wildman–Crippen LogP) is 4.34. The molecule has 0 saturated heterocycles. The average molecular weight is 376 g/mol. The van der Waals surface area contributed by atoms with Crippen LogP contribution in [0.1, 0.15) is 17.2 Å². The molecule has 0 bridgehead atoms. The maximum atomic E-state index is 13.9. The molecule has 0 aliphatic heterocycles. The summed E-state index contributed by atoms with van der Waals surface area (Å²) >= 11 is 9.40. The summed E-state index contributed by atoms with van der Waals surface area (Å²) < 4.78 is 24.8. The highest BCUT2D eigenvalue weighted by molar-refractivity contribution is 9.10. The highest BCUT2D eigenvalue weighted by Crippen LogP contribution is 2.38. The topological polar surface area (TPSA) is 38.7 Å². The second-order valence-electron chi connectivity index (χ2n) is 4.30. The summed E-state index contributed by atoms with van der Waals surface area (Å²) in [5.41, 5.74) is 0.463. The van der Waals surface area contributed by atoms with Crippen LogP contribution in [0.4, 0.5) is 4.39 Å². The second kappa shape index (κ2) is 6.64. The SMILES string of the molecule is COc1cc(Cl)c(C(O)c2cc(Br)ccc2F)cc1OC. The van der Waals surface area contributed by atoms with Crippen LogP contribution in [0.5, 0.6) is 11.5 Å².